The fraction of sp³-hybridized carbons (Fsp3) is 0.727. The summed E-state index contributed by atoms with van der Waals surface area (Å²) in [6, 6.07) is 6.90. The van der Waals surface area contributed by atoms with E-state index in [4.69, 9.17) is 4.74 Å². The summed E-state index contributed by atoms with van der Waals surface area (Å²) in [5.41, 5.74) is 0. The van der Waals surface area contributed by atoms with Gasteiger partial charge in [0.15, 0.2) is 0 Å². The zero-order chi connectivity index (χ0) is 20.4. The van der Waals surface area contributed by atoms with Gasteiger partial charge in [0.05, 0.1) is 12.0 Å². The van der Waals surface area contributed by atoms with Gasteiger partial charge in [0, 0.05) is 25.7 Å². The smallest absolute Gasteiger partial charge is 0.240 e. The van der Waals surface area contributed by atoms with Crippen molar-refractivity contribution in [3.8, 4) is 5.75 Å². The van der Waals surface area contributed by atoms with Crippen LogP contribution in [0.1, 0.15) is 32.6 Å². The van der Waals surface area contributed by atoms with E-state index in [9.17, 15) is 8.42 Å². The molecule has 2 bridgehead atoms. The Morgan fingerprint density at radius 3 is 2.45 bits per heavy atom. The van der Waals surface area contributed by atoms with Crippen LogP contribution in [0.25, 0.3) is 0 Å². The molecule has 4 unspecified atom stereocenters. The zero-order valence-corrected chi connectivity index (χ0v) is 18.5. The number of hydrogen-bond acceptors (Lipinski definition) is 5. The van der Waals surface area contributed by atoms with Gasteiger partial charge < -0.3 is 9.64 Å². The van der Waals surface area contributed by atoms with Crippen molar-refractivity contribution in [1.82, 2.24) is 14.5 Å². The van der Waals surface area contributed by atoms with Crippen molar-refractivity contribution in [3.63, 3.8) is 0 Å². The molecule has 7 heteroatoms. The molecule has 6 nitrogen and oxygen atoms in total. The maximum atomic E-state index is 12.7. The summed E-state index contributed by atoms with van der Waals surface area (Å²) >= 11 is 0. The molecule has 1 aromatic carbocycles. The molecule has 0 spiro atoms. The van der Waals surface area contributed by atoms with Crippen molar-refractivity contribution in [1.29, 1.82) is 0 Å². The number of nitrogens with zero attached hydrogens (tertiary/aromatic N) is 2. The van der Waals surface area contributed by atoms with Crippen LogP contribution < -0.4 is 9.46 Å². The molecule has 0 saturated carbocycles. The van der Waals surface area contributed by atoms with Crippen LogP contribution in [0.2, 0.25) is 0 Å². The van der Waals surface area contributed by atoms with Crippen LogP contribution >= 0.6 is 0 Å². The molecule has 4 aliphatic heterocycles. The van der Waals surface area contributed by atoms with Gasteiger partial charge in [-0.2, -0.15) is 0 Å². The number of fused-ring (bicyclic) bond motifs is 3. The lowest BCUT2D eigenvalue weighted by Gasteiger charge is -2.51. The van der Waals surface area contributed by atoms with E-state index in [0.717, 1.165) is 37.3 Å². The van der Waals surface area contributed by atoms with E-state index in [1.165, 1.54) is 38.9 Å². The minimum atomic E-state index is -3.48. The first kappa shape index (κ1) is 21.1. The first-order valence-corrected chi connectivity index (χ1v) is 12.5. The number of benzene rings is 1. The van der Waals surface area contributed by atoms with Gasteiger partial charge in [-0.1, -0.05) is 6.92 Å². The first-order valence-electron chi connectivity index (χ1n) is 11.0. The highest BCUT2D eigenvalue weighted by atomic mass is 32.2. The maximum Gasteiger partial charge on any atom is 0.240 e. The normalized spacial score (nSPS) is 31.1. The van der Waals surface area contributed by atoms with E-state index in [1.54, 1.807) is 31.4 Å². The number of nitrogens with one attached hydrogen (secondary N) is 1. The lowest BCUT2D eigenvalue weighted by Crippen LogP contribution is -2.58. The van der Waals surface area contributed by atoms with Gasteiger partial charge in [-0.3, -0.25) is 4.90 Å². The Labute approximate surface area is 175 Å². The summed E-state index contributed by atoms with van der Waals surface area (Å²) < 4.78 is 33.3. The standard InChI is InChI=1S/C22H35N3O3S/c1-17-7-10-24(11-8-17)15-19-16-25-12-9-18(19)13-20(25)14-23-29(26,27)22-5-3-21(28-2)4-6-22/h3-6,17-20,23H,7-16H2,1-2H3. The van der Waals surface area contributed by atoms with Crippen LogP contribution in [0.4, 0.5) is 0 Å². The summed E-state index contributed by atoms with van der Waals surface area (Å²) in [4.78, 5) is 5.48. The molecule has 0 amide bonds. The molecule has 0 aliphatic carbocycles. The van der Waals surface area contributed by atoms with Crippen molar-refractivity contribution in [2.45, 2.75) is 43.5 Å². The van der Waals surface area contributed by atoms with Gasteiger partial charge in [-0.05, 0) is 87.3 Å². The lowest BCUT2D eigenvalue weighted by atomic mass is 9.75. The van der Waals surface area contributed by atoms with E-state index in [0.29, 0.717) is 23.2 Å². The lowest BCUT2D eigenvalue weighted by molar-refractivity contribution is -0.0136. The van der Waals surface area contributed by atoms with Gasteiger partial charge in [0.2, 0.25) is 10.0 Å². The molecule has 29 heavy (non-hydrogen) atoms. The predicted molar refractivity (Wildman–Crippen MR) is 115 cm³/mol. The SMILES string of the molecule is COc1ccc(S(=O)(=O)NCC2CC3CCN2CC3CN2CCC(C)CC2)cc1. The quantitative estimate of drug-likeness (QED) is 0.733. The van der Waals surface area contributed by atoms with Crippen LogP contribution in [-0.2, 0) is 10.0 Å². The monoisotopic (exact) mass is 421 g/mol. The number of likely N-dealkylation sites (tertiary alicyclic amines) is 1. The number of hydrogen-bond donors (Lipinski definition) is 1. The highest BCUT2D eigenvalue weighted by molar-refractivity contribution is 7.89. The molecule has 4 atom stereocenters. The number of sulfonamides is 1. The van der Waals surface area contributed by atoms with E-state index in [-0.39, 0.29) is 0 Å². The molecule has 0 aromatic heterocycles. The molecule has 1 aromatic rings. The number of ether oxygens (including phenoxy) is 1. The van der Waals surface area contributed by atoms with Gasteiger partial charge >= 0.3 is 0 Å². The Morgan fingerprint density at radius 1 is 1.10 bits per heavy atom. The first-order chi connectivity index (χ1) is 13.9. The fourth-order valence-electron chi connectivity index (χ4n) is 5.29. The van der Waals surface area contributed by atoms with Crippen LogP contribution in [0.3, 0.4) is 0 Å². The molecule has 4 heterocycles. The van der Waals surface area contributed by atoms with E-state index >= 15 is 0 Å². The Morgan fingerprint density at radius 2 is 1.83 bits per heavy atom. The topological polar surface area (TPSA) is 61.9 Å². The van der Waals surface area contributed by atoms with E-state index in [1.807, 2.05) is 0 Å². The third-order valence-electron chi connectivity index (χ3n) is 7.26. The Kier molecular flexibility index (Phi) is 6.49. The Bertz CT molecular complexity index is 775. The summed E-state index contributed by atoms with van der Waals surface area (Å²) in [7, 11) is -1.91. The molecule has 5 rings (SSSR count). The summed E-state index contributed by atoms with van der Waals surface area (Å²) in [5, 5.41) is 0. The van der Waals surface area contributed by atoms with Crippen LogP contribution in [0.5, 0.6) is 5.75 Å². The highest BCUT2D eigenvalue weighted by Crippen LogP contribution is 2.37. The highest BCUT2D eigenvalue weighted by Gasteiger charge is 2.41. The van der Waals surface area contributed by atoms with Gasteiger partial charge in [-0.25, -0.2) is 13.1 Å². The Hall–Kier alpha value is -1.15. The Balaban J connectivity index is 1.30. The second-order valence-electron chi connectivity index (χ2n) is 9.20. The second kappa shape index (κ2) is 8.92. The third-order valence-corrected chi connectivity index (χ3v) is 8.70. The molecular formula is C22H35N3O3S. The summed E-state index contributed by atoms with van der Waals surface area (Å²) in [5.74, 6) is 3.01. The average molecular weight is 422 g/mol. The van der Waals surface area contributed by atoms with Crippen molar-refractivity contribution < 1.29 is 13.2 Å². The van der Waals surface area contributed by atoms with Gasteiger partial charge in [0.25, 0.3) is 0 Å². The minimum Gasteiger partial charge on any atom is -0.497 e. The molecule has 4 saturated heterocycles. The van der Waals surface area contributed by atoms with E-state index in [2.05, 4.69) is 21.4 Å². The summed E-state index contributed by atoms with van der Waals surface area (Å²) in [6.07, 6.45) is 5.03. The molecule has 1 N–H and O–H groups in total. The second-order valence-corrected chi connectivity index (χ2v) is 11.0. The predicted octanol–water partition coefficient (Wildman–Crippen LogP) is 2.42. The third kappa shape index (κ3) is 4.95. The maximum absolute atomic E-state index is 12.7. The van der Waals surface area contributed by atoms with Crippen molar-refractivity contribution >= 4 is 10.0 Å². The van der Waals surface area contributed by atoms with Crippen molar-refractivity contribution in [3.05, 3.63) is 24.3 Å². The van der Waals surface area contributed by atoms with Crippen molar-refractivity contribution in [2.24, 2.45) is 17.8 Å². The molecular weight excluding hydrogens is 386 g/mol. The van der Waals surface area contributed by atoms with Crippen LogP contribution in [0, 0.1) is 17.8 Å². The van der Waals surface area contributed by atoms with Crippen LogP contribution in [0.15, 0.2) is 29.2 Å². The molecule has 4 aliphatic rings. The van der Waals surface area contributed by atoms with Crippen molar-refractivity contribution in [2.75, 3.05) is 46.4 Å². The van der Waals surface area contributed by atoms with Gasteiger partial charge in [0.1, 0.15) is 5.75 Å². The van der Waals surface area contributed by atoms with Crippen LogP contribution in [-0.4, -0.2) is 70.6 Å². The fourth-order valence-corrected chi connectivity index (χ4v) is 6.36. The zero-order valence-electron chi connectivity index (χ0n) is 17.7. The number of rotatable bonds is 7. The summed E-state index contributed by atoms with van der Waals surface area (Å²) in [6.45, 7) is 8.80. The molecule has 162 valence electrons. The largest absolute Gasteiger partial charge is 0.497 e. The minimum absolute atomic E-state index is 0.298. The number of piperidine rings is 4. The molecule has 4 fully saturated rings. The average Bonchev–Trinajstić information content (AvgIpc) is 2.75. The van der Waals surface area contributed by atoms with Gasteiger partial charge in [-0.15, -0.1) is 0 Å². The van der Waals surface area contributed by atoms with E-state index < -0.39 is 10.0 Å². The molecule has 0 radical (unpaired) electrons. The number of methoxy groups -OCH3 is 1.